The molecule has 0 spiro atoms. The Labute approximate surface area is 192 Å². The Morgan fingerprint density at radius 1 is 1.24 bits per heavy atom. The third kappa shape index (κ3) is 3.27. The number of carbonyl (C=O) groups excluding carboxylic acids is 2. The van der Waals surface area contributed by atoms with Crippen molar-refractivity contribution in [1.29, 1.82) is 0 Å². The second-order valence-corrected chi connectivity index (χ2v) is 9.78. The summed E-state index contributed by atoms with van der Waals surface area (Å²) >= 11 is 0. The van der Waals surface area contributed by atoms with E-state index in [1.54, 1.807) is 10.7 Å². The third-order valence-corrected chi connectivity index (χ3v) is 7.50. The second-order valence-electron chi connectivity index (χ2n) is 9.78. The lowest BCUT2D eigenvalue weighted by molar-refractivity contribution is 0.0696. The van der Waals surface area contributed by atoms with Gasteiger partial charge in [0.05, 0.1) is 5.69 Å². The molecule has 170 valence electrons. The molecule has 0 saturated heterocycles. The Hall–Kier alpha value is -3.42. The van der Waals surface area contributed by atoms with Gasteiger partial charge in [0, 0.05) is 36.0 Å². The number of hydrogen-bond donors (Lipinski definition) is 2. The quantitative estimate of drug-likeness (QED) is 0.628. The maximum atomic E-state index is 13.1. The molecule has 0 radical (unpaired) electrons. The van der Waals surface area contributed by atoms with Crippen molar-refractivity contribution in [1.82, 2.24) is 24.8 Å². The molecule has 0 bridgehead atoms. The number of amides is 2. The van der Waals surface area contributed by atoms with Crippen LogP contribution in [-0.2, 0) is 6.54 Å². The van der Waals surface area contributed by atoms with E-state index in [0.717, 1.165) is 47.2 Å². The van der Waals surface area contributed by atoms with E-state index in [1.165, 1.54) is 12.8 Å². The van der Waals surface area contributed by atoms with Crippen LogP contribution in [-0.4, -0.2) is 43.4 Å². The number of fused-ring (bicyclic) bond motifs is 2. The molecule has 0 unspecified atom stereocenters. The van der Waals surface area contributed by atoms with Crippen molar-refractivity contribution in [2.45, 2.75) is 64.6 Å². The van der Waals surface area contributed by atoms with Crippen LogP contribution in [0.5, 0.6) is 0 Å². The Morgan fingerprint density at radius 2 is 2.03 bits per heavy atom. The van der Waals surface area contributed by atoms with Gasteiger partial charge in [-0.05, 0) is 81.2 Å². The lowest BCUT2D eigenvalue weighted by Crippen LogP contribution is -2.39. The zero-order valence-electron chi connectivity index (χ0n) is 19.0. The van der Waals surface area contributed by atoms with Gasteiger partial charge in [-0.3, -0.25) is 9.59 Å². The first kappa shape index (κ1) is 20.2. The molecule has 3 N–H and O–H groups in total. The van der Waals surface area contributed by atoms with Gasteiger partial charge in [0.2, 0.25) is 0 Å². The van der Waals surface area contributed by atoms with Gasteiger partial charge < -0.3 is 16.0 Å². The zero-order valence-corrected chi connectivity index (χ0v) is 19.0. The summed E-state index contributed by atoms with van der Waals surface area (Å²) in [6.07, 6.45) is 7.32. The summed E-state index contributed by atoms with van der Waals surface area (Å²) in [6, 6.07) is 6.42. The van der Waals surface area contributed by atoms with Gasteiger partial charge in [-0.1, -0.05) is 0 Å². The molecule has 3 heterocycles. The number of hydrogen-bond acceptors (Lipinski definition) is 5. The predicted molar refractivity (Wildman–Crippen MR) is 125 cm³/mol. The van der Waals surface area contributed by atoms with E-state index in [4.69, 9.17) is 10.7 Å². The molecule has 33 heavy (non-hydrogen) atoms. The minimum atomic E-state index is -0.225. The van der Waals surface area contributed by atoms with Crippen molar-refractivity contribution >= 4 is 23.3 Å². The molecule has 2 amide bonds. The molecule has 1 atom stereocenters. The van der Waals surface area contributed by atoms with Gasteiger partial charge >= 0.3 is 0 Å². The molecule has 3 aromatic rings. The number of rotatable bonds is 5. The van der Waals surface area contributed by atoms with Crippen LogP contribution in [0.15, 0.2) is 24.4 Å². The third-order valence-electron chi connectivity index (χ3n) is 7.50. The lowest BCUT2D eigenvalue weighted by atomic mass is 9.93. The minimum absolute atomic E-state index is 0.135. The van der Waals surface area contributed by atoms with E-state index in [0.29, 0.717) is 23.7 Å². The van der Waals surface area contributed by atoms with Crippen LogP contribution in [0, 0.1) is 12.8 Å². The molecule has 2 aromatic heterocycles. The van der Waals surface area contributed by atoms with Crippen molar-refractivity contribution in [3.8, 4) is 11.3 Å². The van der Waals surface area contributed by atoms with E-state index in [9.17, 15) is 9.59 Å². The maximum absolute atomic E-state index is 13.1. The van der Waals surface area contributed by atoms with Crippen molar-refractivity contribution in [2.24, 2.45) is 5.92 Å². The highest BCUT2D eigenvalue weighted by Gasteiger charge is 2.39. The number of aryl methyl sites for hydroxylation is 1. The van der Waals surface area contributed by atoms with Crippen LogP contribution in [0.1, 0.15) is 70.9 Å². The summed E-state index contributed by atoms with van der Waals surface area (Å²) in [7, 11) is 0. The van der Waals surface area contributed by atoms with Crippen LogP contribution in [0.3, 0.4) is 0 Å². The number of aromatic nitrogens is 3. The fraction of sp³-hybridized carbons (Fsp3) is 0.440. The predicted octanol–water partition coefficient (Wildman–Crippen LogP) is 3.32. The average molecular weight is 445 g/mol. The molecular weight excluding hydrogens is 416 g/mol. The van der Waals surface area contributed by atoms with Gasteiger partial charge in [0.25, 0.3) is 11.8 Å². The molecule has 3 aliphatic rings. The van der Waals surface area contributed by atoms with E-state index >= 15 is 0 Å². The van der Waals surface area contributed by atoms with Crippen molar-refractivity contribution in [2.75, 3.05) is 5.73 Å². The Balaban J connectivity index is 1.36. The summed E-state index contributed by atoms with van der Waals surface area (Å²) in [5, 5.41) is 7.31. The molecule has 1 aromatic carbocycles. The number of nitrogens with two attached hydrogens (primary N) is 1. The summed E-state index contributed by atoms with van der Waals surface area (Å²) in [5.41, 5.74) is 11.3. The maximum Gasteiger partial charge on any atom is 0.259 e. The van der Waals surface area contributed by atoms with E-state index in [-0.39, 0.29) is 29.7 Å². The second kappa shape index (κ2) is 7.30. The fourth-order valence-electron chi connectivity index (χ4n) is 5.13. The van der Waals surface area contributed by atoms with Crippen molar-refractivity contribution in [3.63, 3.8) is 0 Å². The smallest absolute Gasteiger partial charge is 0.259 e. The number of carbonyl (C=O) groups is 2. The molecule has 2 aliphatic carbocycles. The molecule has 2 fully saturated rings. The molecule has 8 heteroatoms. The number of benzene rings is 1. The van der Waals surface area contributed by atoms with Gasteiger partial charge in [-0.2, -0.15) is 0 Å². The van der Waals surface area contributed by atoms with Crippen LogP contribution in [0.25, 0.3) is 16.9 Å². The van der Waals surface area contributed by atoms with E-state index < -0.39 is 0 Å². The first-order chi connectivity index (χ1) is 15.9. The number of anilines is 1. The molecular formula is C25H28N6O2. The molecule has 1 aliphatic heterocycles. The van der Waals surface area contributed by atoms with Gasteiger partial charge in [-0.15, -0.1) is 5.10 Å². The van der Waals surface area contributed by atoms with Gasteiger partial charge in [-0.25, -0.2) is 9.50 Å². The summed E-state index contributed by atoms with van der Waals surface area (Å²) in [4.78, 5) is 32.7. The summed E-state index contributed by atoms with van der Waals surface area (Å²) < 4.78 is 1.55. The SMILES string of the molecule is Cc1cc(-c2ccn3nc(N)c(C(=O)NC4CCC4)c3n2)cc2c1C(=O)N([C@@H](C)C1CC1)C2. The van der Waals surface area contributed by atoms with E-state index in [2.05, 4.69) is 23.4 Å². The number of nitrogens with zero attached hydrogens (tertiary/aromatic N) is 4. The van der Waals surface area contributed by atoms with E-state index in [1.807, 2.05) is 24.0 Å². The fourth-order valence-corrected chi connectivity index (χ4v) is 5.13. The van der Waals surface area contributed by atoms with Crippen LogP contribution in [0.2, 0.25) is 0 Å². The van der Waals surface area contributed by atoms with Crippen molar-refractivity contribution in [3.05, 3.63) is 46.6 Å². The highest BCUT2D eigenvalue weighted by Crippen LogP contribution is 2.39. The Bertz CT molecular complexity index is 1300. The highest BCUT2D eigenvalue weighted by molar-refractivity contribution is 6.04. The van der Waals surface area contributed by atoms with Crippen LogP contribution >= 0.6 is 0 Å². The monoisotopic (exact) mass is 444 g/mol. The average Bonchev–Trinajstić information content (AvgIpc) is 3.47. The molecule has 2 saturated carbocycles. The normalized spacial score (nSPS) is 19.0. The number of nitrogens with one attached hydrogen (secondary N) is 1. The minimum Gasteiger partial charge on any atom is -0.381 e. The first-order valence-corrected chi connectivity index (χ1v) is 11.8. The molecule has 8 nitrogen and oxygen atoms in total. The molecule has 6 rings (SSSR count). The zero-order chi connectivity index (χ0) is 22.9. The largest absolute Gasteiger partial charge is 0.381 e. The van der Waals surface area contributed by atoms with Crippen molar-refractivity contribution < 1.29 is 9.59 Å². The Kier molecular flexibility index (Phi) is 4.47. The number of nitrogen functional groups attached to an aromatic ring is 1. The Morgan fingerprint density at radius 3 is 2.73 bits per heavy atom. The topological polar surface area (TPSA) is 106 Å². The van der Waals surface area contributed by atoms with Crippen LogP contribution in [0.4, 0.5) is 5.82 Å². The van der Waals surface area contributed by atoms with Gasteiger partial charge in [0.15, 0.2) is 11.5 Å². The van der Waals surface area contributed by atoms with Gasteiger partial charge in [0.1, 0.15) is 5.56 Å². The highest BCUT2D eigenvalue weighted by atomic mass is 16.2. The summed E-state index contributed by atoms with van der Waals surface area (Å²) in [6.45, 7) is 4.78. The standard InChI is InChI=1S/C25H28N6O2/c1-13-10-16(11-17-12-30(25(33)20(13)17)14(2)15-6-7-15)19-8-9-31-23(28-19)21(22(26)29-31)24(32)27-18-4-3-5-18/h8-11,14-15,18H,3-7,12H2,1-2H3,(H2,26,29)(H,27,32)/t14-/m0/s1. The lowest BCUT2D eigenvalue weighted by Gasteiger charge is -2.26. The summed E-state index contributed by atoms with van der Waals surface area (Å²) in [5.74, 6) is 0.716. The van der Waals surface area contributed by atoms with Crippen LogP contribution < -0.4 is 11.1 Å². The first-order valence-electron chi connectivity index (χ1n) is 11.8.